The summed E-state index contributed by atoms with van der Waals surface area (Å²) in [5.41, 5.74) is 0.824. The van der Waals surface area contributed by atoms with Crippen LogP contribution in [0, 0.1) is 0 Å². The lowest BCUT2D eigenvalue weighted by molar-refractivity contribution is -0.137. The highest BCUT2D eigenvalue weighted by Gasteiger charge is 1.99. The van der Waals surface area contributed by atoms with Gasteiger partial charge < -0.3 is 5.11 Å². The molecule has 1 aromatic heterocycles. The normalized spacial score (nSPS) is 9.92. The highest BCUT2D eigenvalue weighted by molar-refractivity contribution is 9.10. The predicted molar refractivity (Wildman–Crippen MR) is 50.3 cm³/mol. The maximum Gasteiger partial charge on any atom is 0.303 e. The number of carboxylic acids is 1. The van der Waals surface area contributed by atoms with Crippen LogP contribution in [0.4, 0.5) is 0 Å². The van der Waals surface area contributed by atoms with Crippen LogP contribution in [-0.4, -0.2) is 21.3 Å². The lowest BCUT2D eigenvalue weighted by Gasteiger charge is -1.96. The first-order valence-corrected chi connectivity index (χ1v) is 4.67. The minimum absolute atomic E-state index is 0.178. The minimum atomic E-state index is -0.773. The number of carbonyl (C=O) groups is 1. The zero-order chi connectivity index (χ0) is 9.68. The fraction of sp³-hybridized carbons (Fsp3) is 0.375. The van der Waals surface area contributed by atoms with Crippen molar-refractivity contribution in [3.8, 4) is 0 Å². The van der Waals surface area contributed by atoms with Crippen molar-refractivity contribution < 1.29 is 9.90 Å². The molecule has 4 nitrogen and oxygen atoms in total. The molecular weight excluding hydrogens is 236 g/mol. The fourth-order valence-electron chi connectivity index (χ4n) is 0.898. The van der Waals surface area contributed by atoms with Crippen LogP contribution in [0.2, 0.25) is 0 Å². The molecule has 0 aromatic carbocycles. The third kappa shape index (κ3) is 3.98. The van der Waals surface area contributed by atoms with Crippen LogP contribution in [0.5, 0.6) is 0 Å². The summed E-state index contributed by atoms with van der Waals surface area (Å²) in [7, 11) is 0. The van der Waals surface area contributed by atoms with Gasteiger partial charge in [0.25, 0.3) is 0 Å². The van der Waals surface area contributed by atoms with E-state index in [0.29, 0.717) is 17.4 Å². The second-order valence-electron chi connectivity index (χ2n) is 2.59. The molecule has 0 saturated heterocycles. The Balaban J connectivity index is 2.37. The van der Waals surface area contributed by atoms with Crippen LogP contribution >= 0.6 is 15.9 Å². The Bertz CT molecular complexity index is 287. The van der Waals surface area contributed by atoms with E-state index in [1.165, 1.54) is 0 Å². The van der Waals surface area contributed by atoms with Crippen molar-refractivity contribution in [3.63, 3.8) is 0 Å². The monoisotopic (exact) mass is 244 g/mol. The molecule has 0 atom stereocenters. The van der Waals surface area contributed by atoms with Crippen LogP contribution in [0.25, 0.3) is 0 Å². The Labute approximate surface area is 84.1 Å². The summed E-state index contributed by atoms with van der Waals surface area (Å²) < 4.78 is 0.689. The Morgan fingerprint density at radius 3 is 2.77 bits per heavy atom. The molecule has 0 fully saturated rings. The number of carboxylic acid groups (broad SMARTS) is 1. The third-order valence-corrected chi connectivity index (χ3v) is 1.93. The van der Waals surface area contributed by atoms with E-state index in [-0.39, 0.29) is 6.42 Å². The summed E-state index contributed by atoms with van der Waals surface area (Å²) in [6.07, 6.45) is 1.44. The molecule has 1 N–H and O–H groups in total. The third-order valence-electron chi connectivity index (χ3n) is 1.51. The molecule has 0 radical (unpaired) electrons. The first-order valence-electron chi connectivity index (χ1n) is 3.88. The second kappa shape index (κ2) is 4.91. The van der Waals surface area contributed by atoms with Crippen LogP contribution in [0.15, 0.2) is 16.7 Å². The SMILES string of the molecule is O=C(O)CCCc1ccc(Br)nn1. The van der Waals surface area contributed by atoms with E-state index in [1.807, 2.05) is 6.07 Å². The number of hydrogen-bond donors (Lipinski definition) is 1. The average molecular weight is 245 g/mol. The molecule has 1 aromatic rings. The summed E-state index contributed by atoms with van der Waals surface area (Å²) in [6, 6.07) is 3.63. The molecular formula is C8H9BrN2O2. The zero-order valence-electron chi connectivity index (χ0n) is 6.90. The molecule has 0 unspecified atom stereocenters. The molecule has 5 heteroatoms. The van der Waals surface area contributed by atoms with Crippen LogP contribution in [-0.2, 0) is 11.2 Å². The van der Waals surface area contributed by atoms with Crippen LogP contribution < -0.4 is 0 Å². The van der Waals surface area contributed by atoms with Crippen molar-refractivity contribution in [3.05, 3.63) is 22.4 Å². The van der Waals surface area contributed by atoms with Gasteiger partial charge in [-0.15, -0.1) is 5.10 Å². The van der Waals surface area contributed by atoms with Crippen LogP contribution in [0.1, 0.15) is 18.5 Å². The molecule has 0 aliphatic carbocycles. The molecule has 0 amide bonds. The summed E-state index contributed by atoms with van der Waals surface area (Å²) in [6.45, 7) is 0. The summed E-state index contributed by atoms with van der Waals surface area (Å²) in [4.78, 5) is 10.2. The Morgan fingerprint density at radius 2 is 2.23 bits per heavy atom. The maximum absolute atomic E-state index is 10.2. The van der Waals surface area contributed by atoms with E-state index in [2.05, 4.69) is 26.1 Å². The highest BCUT2D eigenvalue weighted by Crippen LogP contribution is 2.05. The van der Waals surface area contributed by atoms with E-state index in [0.717, 1.165) is 5.69 Å². The molecule has 1 heterocycles. The van der Waals surface area contributed by atoms with Crippen molar-refractivity contribution in [2.24, 2.45) is 0 Å². The molecule has 13 heavy (non-hydrogen) atoms. The van der Waals surface area contributed by atoms with Gasteiger partial charge in [0.1, 0.15) is 4.60 Å². The molecule has 70 valence electrons. The highest BCUT2D eigenvalue weighted by atomic mass is 79.9. The first-order chi connectivity index (χ1) is 6.18. The van der Waals surface area contributed by atoms with Gasteiger partial charge in [-0.1, -0.05) is 0 Å². The molecule has 0 aliphatic rings. The molecule has 0 bridgehead atoms. The second-order valence-corrected chi connectivity index (χ2v) is 3.41. The summed E-state index contributed by atoms with van der Waals surface area (Å²) in [5.74, 6) is -0.773. The van der Waals surface area contributed by atoms with Crippen molar-refractivity contribution in [2.75, 3.05) is 0 Å². The molecule has 0 saturated carbocycles. The van der Waals surface area contributed by atoms with Crippen molar-refractivity contribution in [2.45, 2.75) is 19.3 Å². The number of aliphatic carboxylic acids is 1. The quantitative estimate of drug-likeness (QED) is 0.875. The number of halogens is 1. The van der Waals surface area contributed by atoms with Crippen molar-refractivity contribution in [1.29, 1.82) is 0 Å². The Hall–Kier alpha value is -0.970. The van der Waals surface area contributed by atoms with Gasteiger partial charge in [-0.2, -0.15) is 5.10 Å². The standard InChI is InChI=1S/C8H9BrN2O2/c9-7-5-4-6(10-11-7)2-1-3-8(12)13/h4-5H,1-3H2,(H,12,13). The number of aryl methyl sites for hydroxylation is 1. The molecule has 1 rings (SSSR count). The lowest BCUT2D eigenvalue weighted by atomic mass is 10.2. The maximum atomic E-state index is 10.2. The smallest absolute Gasteiger partial charge is 0.303 e. The van der Waals surface area contributed by atoms with Gasteiger partial charge in [0.05, 0.1) is 5.69 Å². The predicted octanol–water partition coefficient (Wildman–Crippen LogP) is 1.65. The summed E-state index contributed by atoms with van der Waals surface area (Å²) >= 11 is 3.17. The fourth-order valence-corrected chi connectivity index (χ4v) is 1.11. The topological polar surface area (TPSA) is 63.1 Å². The van der Waals surface area contributed by atoms with Gasteiger partial charge in [-0.05, 0) is 40.9 Å². The summed E-state index contributed by atoms with van der Waals surface area (Å²) in [5, 5.41) is 16.1. The van der Waals surface area contributed by atoms with Gasteiger partial charge >= 0.3 is 5.97 Å². The number of aromatic nitrogens is 2. The van der Waals surface area contributed by atoms with E-state index in [4.69, 9.17) is 5.11 Å². The van der Waals surface area contributed by atoms with Gasteiger partial charge in [0, 0.05) is 6.42 Å². The van der Waals surface area contributed by atoms with Crippen molar-refractivity contribution >= 4 is 21.9 Å². The number of hydrogen-bond acceptors (Lipinski definition) is 3. The van der Waals surface area contributed by atoms with Gasteiger partial charge in [0.2, 0.25) is 0 Å². The first kappa shape index (κ1) is 10.1. The van der Waals surface area contributed by atoms with E-state index in [9.17, 15) is 4.79 Å². The van der Waals surface area contributed by atoms with E-state index >= 15 is 0 Å². The Kier molecular flexibility index (Phi) is 3.82. The van der Waals surface area contributed by atoms with Gasteiger partial charge in [0.15, 0.2) is 0 Å². The zero-order valence-corrected chi connectivity index (χ0v) is 8.49. The van der Waals surface area contributed by atoms with E-state index in [1.54, 1.807) is 6.07 Å². The number of rotatable bonds is 4. The van der Waals surface area contributed by atoms with E-state index < -0.39 is 5.97 Å². The Morgan fingerprint density at radius 1 is 1.46 bits per heavy atom. The molecule has 0 spiro atoms. The largest absolute Gasteiger partial charge is 0.481 e. The molecule has 0 aliphatic heterocycles. The number of nitrogens with zero attached hydrogens (tertiary/aromatic N) is 2. The lowest BCUT2D eigenvalue weighted by Crippen LogP contribution is -1.98. The van der Waals surface area contributed by atoms with Crippen molar-refractivity contribution in [1.82, 2.24) is 10.2 Å². The van der Waals surface area contributed by atoms with Gasteiger partial charge in [-0.3, -0.25) is 4.79 Å². The van der Waals surface area contributed by atoms with Gasteiger partial charge in [-0.25, -0.2) is 0 Å². The minimum Gasteiger partial charge on any atom is -0.481 e. The average Bonchev–Trinajstić information content (AvgIpc) is 2.08. The van der Waals surface area contributed by atoms with Crippen LogP contribution in [0.3, 0.4) is 0 Å².